The van der Waals surface area contributed by atoms with E-state index >= 15 is 0 Å². The Labute approximate surface area is 147 Å². The molecule has 0 saturated heterocycles. The van der Waals surface area contributed by atoms with Crippen molar-refractivity contribution in [1.29, 1.82) is 0 Å². The smallest absolute Gasteiger partial charge is 0.254 e. The van der Waals surface area contributed by atoms with Crippen molar-refractivity contribution >= 4 is 16.8 Å². The summed E-state index contributed by atoms with van der Waals surface area (Å²) in [7, 11) is 1.62. The first kappa shape index (κ1) is 15.8. The molecule has 0 radical (unpaired) electrons. The molecule has 0 saturated carbocycles. The van der Waals surface area contributed by atoms with Gasteiger partial charge in [-0.15, -0.1) is 0 Å². The molecule has 4 rings (SSSR count). The Hall–Kier alpha value is -2.75. The van der Waals surface area contributed by atoms with E-state index < -0.39 is 0 Å². The molecule has 0 N–H and O–H groups in total. The third-order valence-electron chi connectivity index (χ3n) is 5.03. The Bertz CT molecular complexity index is 942. The van der Waals surface area contributed by atoms with Gasteiger partial charge in [0.15, 0.2) is 0 Å². The molecule has 1 aliphatic heterocycles. The molecule has 0 fully saturated rings. The number of amides is 1. The highest BCUT2D eigenvalue weighted by molar-refractivity contribution is 5.95. The second-order valence-electron chi connectivity index (χ2n) is 6.46. The molecular weight excluding hydrogens is 312 g/mol. The fourth-order valence-corrected chi connectivity index (χ4v) is 3.75. The van der Waals surface area contributed by atoms with Gasteiger partial charge in [-0.05, 0) is 48.7 Å². The number of nitrogens with zero attached hydrogens (tertiary/aromatic N) is 2. The van der Waals surface area contributed by atoms with Gasteiger partial charge in [-0.25, -0.2) is 0 Å². The molecule has 0 bridgehead atoms. The summed E-state index contributed by atoms with van der Waals surface area (Å²) in [6.07, 6.45) is 3.13. The molecule has 0 spiro atoms. The molecule has 25 heavy (non-hydrogen) atoms. The van der Waals surface area contributed by atoms with Crippen molar-refractivity contribution in [1.82, 2.24) is 9.47 Å². The van der Waals surface area contributed by atoms with Crippen molar-refractivity contribution in [2.75, 3.05) is 13.7 Å². The van der Waals surface area contributed by atoms with E-state index in [1.165, 1.54) is 22.0 Å². The van der Waals surface area contributed by atoms with Crippen LogP contribution in [0, 0.1) is 0 Å². The maximum Gasteiger partial charge on any atom is 0.254 e. The van der Waals surface area contributed by atoms with Crippen molar-refractivity contribution in [2.24, 2.45) is 0 Å². The van der Waals surface area contributed by atoms with Crippen molar-refractivity contribution in [3.63, 3.8) is 0 Å². The average Bonchev–Trinajstić information content (AvgIpc) is 2.92. The van der Waals surface area contributed by atoms with Gasteiger partial charge in [0.2, 0.25) is 0 Å². The molecule has 0 unspecified atom stereocenters. The van der Waals surface area contributed by atoms with Gasteiger partial charge in [-0.3, -0.25) is 4.79 Å². The summed E-state index contributed by atoms with van der Waals surface area (Å²) in [6.45, 7) is 4.51. The number of rotatable bonds is 3. The lowest BCUT2D eigenvalue weighted by Crippen LogP contribution is -2.31. The molecule has 4 nitrogen and oxygen atoms in total. The van der Waals surface area contributed by atoms with Crippen molar-refractivity contribution < 1.29 is 9.53 Å². The number of hydrogen-bond acceptors (Lipinski definition) is 2. The fourth-order valence-electron chi connectivity index (χ4n) is 3.75. The molecule has 128 valence electrons. The Kier molecular flexibility index (Phi) is 3.96. The second kappa shape index (κ2) is 6.28. The molecule has 1 amide bonds. The van der Waals surface area contributed by atoms with Crippen molar-refractivity contribution in [3.8, 4) is 5.75 Å². The molecule has 1 aliphatic rings. The third kappa shape index (κ3) is 2.68. The highest BCUT2D eigenvalue weighted by Gasteiger charge is 2.23. The SMILES string of the molecule is CCn1cc2c3c(cccc31)CN(C(=O)c1cccc(OC)c1)CC2. The van der Waals surface area contributed by atoms with Crippen LogP contribution in [0.25, 0.3) is 10.9 Å². The molecule has 1 aromatic heterocycles. The van der Waals surface area contributed by atoms with Crippen LogP contribution in [0.1, 0.15) is 28.4 Å². The maximum absolute atomic E-state index is 13.0. The number of methoxy groups -OCH3 is 1. The Morgan fingerprint density at radius 3 is 2.80 bits per heavy atom. The molecule has 4 heteroatoms. The normalized spacial score (nSPS) is 13.8. The number of carbonyl (C=O) groups excluding carboxylic acids is 1. The van der Waals surface area contributed by atoms with E-state index in [4.69, 9.17) is 4.74 Å². The Morgan fingerprint density at radius 1 is 1.16 bits per heavy atom. The Morgan fingerprint density at radius 2 is 2.00 bits per heavy atom. The molecule has 0 atom stereocenters. The molecular formula is C21H22N2O2. The van der Waals surface area contributed by atoms with Crippen LogP contribution in [0.2, 0.25) is 0 Å². The standard InChI is InChI=1S/C21H22N2O2/c1-3-22-13-17-10-11-23(14-16-7-5-9-19(22)20(16)17)21(24)15-6-4-8-18(12-15)25-2/h4-9,12-13H,3,10-11,14H2,1-2H3. The highest BCUT2D eigenvalue weighted by atomic mass is 16.5. The van der Waals surface area contributed by atoms with E-state index in [-0.39, 0.29) is 5.91 Å². The van der Waals surface area contributed by atoms with Gasteiger partial charge in [0, 0.05) is 42.3 Å². The van der Waals surface area contributed by atoms with E-state index in [1.54, 1.807) is 7.11 Å². The molecule has 0 aliphatic carbocycles. The minimum atomic E-state index is 0.0597. The summed E-state index contributed by atoms with van der Waals surface area (Å²) >= 11 is 0. The first-order chi connectivity index (χ1) is 12.2. The van der Waals surface area contributed by atoms with Gasteiger partial charge in [-0.2, -0.15) is 0 Å². The minimum absolute atomic E-state index is 0.0597. The number of aryl methyl sites for hydroxylation is 1. The van der Waals surface area contributed by atoms with E-state index in [9.17, 15) is 4.79 Å². The predicted molar refractivity (Wildman–Crippen MR) is 99.1 cm³/mol. The zero-order chi connectivity index (χ0) is 17.4. The summed E-state index contributed by atoms with van der Waals surface area (Å²) in [5, 5.41) is 1.32. The van der Waals surface area contributed by atoms with Crippen LogP contribution in [-0.2, 0) is 19.5 Å². The van der Waals surface area contributed by atoms with Crippen molar-refractivity contribution in [3.05, 3.63) is 65.4 Å². The lowest BCUT2D eigenvalue weighted by atomic mass is 10.1. The summed E-state index contributed by atoms with van der Waals surface area (Å²) in [5.41, 5.74) is 4.52. The molecule has 2 aromatic carbocycles. The minimum Gasteiger partial charge on any atom is -0.497 e. The second-order valence-corrected chi connectivity index (χ2v) is 6.46. The summed E-state index contributed by atoms with van der Waals surface area (Å²) in [5.74, 6) is 0.771. The molecule has 2 heterocycles. The lowest BCUT2D eigenvalue weighted by Gasteiger charge is -2.21. The lowest BCUT2D eigenvalue weighted by molar-refractivity contribution is 0.0747. The predicted octanol–water partition coefficient (Wildman–Crippen LogP) is 3.87. The number of carbonyl (C=O) groups is 1. The summed E-state index contributed by atoms with van der Waals surface area (Å²) < 4.78 is 7.55. The van der Waals surface area contributed by atoms with E-state index in [0.29, 0.717) is 17.9 Å². The topological polar surface area (TPSA) is 34.5 Å². The van der Waals surface area contributed by atoms with Crippen LogP contribution >= 0.6 is 0 Å². The summed E-state index contributed by atoms with van der Waals surface area (Å²) in [6, 6.07) is 13.8. The monoisotopic (exact) mass is 334 g/mol. The fraction of sp³-hybridized carbons (Fsp3) is 0.286. The summed E-state index contributed by atoms with van der Waals surface area (Å²) in [4.78, 5) is 14.9. The number of ether oxygens (including phenoxy) is 1. The van der Waals surface area contributed by atoms with E-state index in [0.717, 1.165) is 19.5 Å². The highest BCUT2D eigenvalue weighted by Crippen LogP contribution is 2.30. The Balaban J connectivity index is 1.70. The maximum atomic E-state index is 13.0. The number of aromatic nitrogens is 1. The zero-order valence-corrected chi connectivity index (χ0v) is 14.7. The first-order valence-corrected chi connectivity index (χ1v) is 8.74. The van der Waals surface area contributed by atoms with Crippen LogP contribution in [0.4, 0.5) is 0 Å². The van der Waals surface area contributed by atoms with Crippen LogP contribution in [0.15, 0.2) is 48.7 Å². The number of benzene rings is 2. The van der Waals surface area contributed by atoms with Crippen LogP contribution in [0.3, 0.4) is 0 Å². The molecule has 3 aromatic rings. The van der Waals surface area contributed by atoms with Gasteiger partial charge in [0.25, 0.3) is 5.91 Å². The number of hydrogen-bond donors (Lipinski definition) is 0. The van der Waals surface area contributed by atoms with Crippen LogP contribution < -0.4 is 4.74 Å². The first-order valence-electron chi connectivity index (χ1n) is 8.74. The van der Waals surface area contributed by atoms with Gasteiger partial charge >= 0.3 is 0 Å². The van der Waals surface area contributed by atoms with Gasteiger partial charge in [-0.1, -0.05) is 18.2 Å². The van der Waals surface area contributed by atoms with Crippen molar-refractivity contribution in [2.45, 2.75) is 26.4 Å². The van der Waals surface area contributed by atoms with Crippen LogP contribution in [-0.4, -0.2) is 29.0 Å². The van der Waals surface area contributed by atoms with Gasteiger partial charge in [0.05, 0.1) is 7.11 Å². The zero-order valence-electron chi connectivity index (χ0n) is 14.7. The van der Waals surface area contributed by atoms with Crippen LogP contribution in [0.5, 0.6) is 5.75 Å². The quantitative estimate of drug-likeness (QED) is 0.729. The van der Waals surface area contributed by atoms with E-state index in [1.807, 2.05) is 29.2 Å². The van der Waals surface area contributed by atoms with Gasteiger partial charge < -0.3 is 14.2 Å². The third-order valence-corrected chi connectivity index (χ3v) is 5.03. The largest absolute Gasteiger partial charge is 0.497 e. The average molecular weight is 334 g/mol. The van der Waals surface area contributed by atoms with E-state index in [2.05, 4.69) is 35.9 Å². The van der Waals surface area contributed by atoms with Gasteiger partial charge in [0.1, 0.15) is 5.75 Å².